The standard InChI is InChI=1S/C66H129NO4/c1-3-5-7-9-11-13-15-17-19-21-23-24-25-26-27-28-29-30-31-32-33-34-35-36-37-38-39-40-42-43-45-47-49-51-53-55-57-59-63(69)61-66(71)67-64(62-68)65(70)60-58-56-54-52-50-48-46-44-41-22-20-18-16-14-12-10-8-6-4-2/h29-30,32-33,63-65,68-70H,3-28,31,34-62H2,1-2H3,(H,67,71)/b30-29-,33-32-. The van der Waals surface area contributed by atoms with E-state index in [1.165, 1.54) is 302 Å². The van der Waals surface area contributed by atoms with Gasteiger partial charge in [-0.05, 0) is 44.9 Å². The Morgan fingerprint density at radius 3 is 0.887 bits per heavy atom. The number of allylic oxidation sites excluding steroid dienone is 4. The van der Waals surface area contributed by atoms with Gasteiger partial charge in [-0.15, -0.1) is 0 Å². The van der Waals surface area contributed by atoms with E-state index in [1.807, 2.05) is 0 Å². The molecule has 422 valence electrons. The summed E-state index contributed by atoms with van der Waals surface area (Å²) in [5.74, 6) is -0.277. The van der Waals surface area contributed by atoms with Gasteiger partial charge in [0, 0.05) is 0 Å². The van der Waals surface area contributed by atoms with Crippen molar-refractivity contribution in [2.75, 3.05) is 6.61 Å². The van der Waals surface area contributed by atoms with Crippen LogP contribution in [0.2, 0.25) is 0 Å². The molecule has 5 nitrogen and oxygen atoms in total. The first-order valence-corrected chi connectivity index (χ1v) is 32.6. The lowest BCUT2D eigenvalue weighted by atomic mass is 10.0. The second kappa shape index (κ2) is 61.4. The van der Waals surface area contributed by atoms with Crippen LogP contribution in [0.4, 0.5) is 0 Å². The number of hydrogen-bond donors (Lipinski definition) is 4. The molecular weight excluding hydrogens is 871 g/mol. The van der Waals surface area contributed by atoms with Crippen LogP contribution >= 0.6 is 0 Å². The summed E-state index contributed by atoms with van der Waals surface area (Å²) in [7, 11) is 0. The van der Waals surface area contributed by atoms with E-state index in [1.54, 1.807) is 0 Å². The smallest absolute Gasteiger partial charge is 0.222 e. The number of aliphatic hydroxyl groups excluding tert-OH is 3. The molecule has 0 aliphatic rings. The summed E-state index contributed by atoms with van der Waals surface area (Å²) in [6, 6.07) is -0.658. The third kappa shape index (κ3) is 58.0. The van der Waals surface area contributed by atoms with Crippen molar-refractivity contribution in [3.8, 4) is 0 Å². The van der Waals surface area contributed by atoms with Gasteiger partial charge in [0.1, 0.15) is 0 Å². The van der Waals surface area contributed by atoms with Crippen molar-refractivity contribution in [3.63, 3.8) is 0 Å². The predicted molar refractivity (Wildman–Crippen MR) is 315 cm³/mol. The van der Waals surface area contributed by atoms with Gasteiger partial charge in [-0.2, -0.15) is 0 Å². The van der Waals surface area contributed by atoms with Gasteiger partial charge in [0.05, 0.1) is 31.3 Å². The van der Waals surface area contributed by atoms with Crippen LogP contribution in [0.3, 0.4) is 0 Å². The first-order chi connectivity index (χ1) is 35.0. The van der Waals surface area contributed by atoms with Crippen molar-refractivity contribution in [2.45, 2.75) is 385 Å². The molecule has 4 N–H and O–H groups in total. The maximum Gasteiger partial charge on any atom is 0.222 e. The molecule has 0 heterocycles. The Morgan fingerprint density at radius 1 is 0.352 bits per heavy atom. The molecule has 0 aromatic heterocycles. The van der Waals surface area contributed by atoms with Crippen LogP contribution in [-0.4, -0.2) is 46.1 Å². The minimum absolute atomic E-state index is 0.0396. The fraction of sp³-hybridized carbons (Fsp3) is 0.924. The Balaban J connectivity index is 3.46. The maximum atomic E-state index is 12.6. The molecule has 0 aromatic carbocycles. The number of unbranched alkanes of at least 4 members (excludes halogenated alkanes) is 48. The molecular formula is C66H129NO4. The third-order valence-corrected chi connectivity index (χ3v) is 15.5. The van der Waals surface area contributed by atoms with Crippen molar-refractivity contribution in [1.29, 1.82) is 0 Å². The first kappa shape index (κ1) is 69.8. The van der Waals surface area contributed by atoms with E-state index in [2.05, 4.69) is 43.5 Å². The Morgan fingerprint density at radius 2 is 0.606 bits per heavy atom. The number of hydrogen-bond acceptors (Lipinski definition) is 4. The number of carbonyl (C=O) groups excluding carboxylic acids is 1. The number of amides is 1. The Hall–Kier alpha value is -1.17. The van der Waals surface area contributed by atoms with Gasteiger partial charge in [-0.1, -0.05) is 340 Å². The number of nitrogens with one attached hydrogen (secondary N) is 1. The Kier molecular flexibility index (Phi) is 60.4. The molecule has 5 heteroatoms. The second-order valence-corrected chi connectivity index (χ2v) is 22.7. The van der Waals surface area contributed by atoms with Gasteiger partial charge in [0.25, 0.3) is 0 Å². The fourth-order valence-corrected chi connectivity index (χ4v) is 10.6. The highest BCUT2D eigenvalue weighted by Gasteiger charge is 2.21. The number of carbonyl (C=O) groups is 1. The van der Waals surface area contributed by atoms with Gasteiger partial charge in [0.15, 0.2) is 0 Å². The van der Waals surface area contributed by atoms with E-state index in [4.69, 9.17) is 0 Å². The zero-order valence-electron chi connectivity index (χ0n) is 48.4. The van der Waals surface area contributed by atoms with E-state index >= 15 is 0 Å². The highest BCUT2D eigenvalue weighted by Crippen LogP contribution is 2.19. The minimum Gasteiger partial charge on any atom is -0.394 e. The molecule has 71 heavy (non-hydrogen) atoms. The lowest BCUT2D eigenvalue weighted by molar-refractivity contribution is -0.125. The van der Waals surface area contributed by atoms with Gasteiger partial charge >= 0.3 is 0 Å². The van der Waals surface area contributed by atoms with E-state index in [-0.39, 0.29) is 18.9 Å². The highest BCUT2D eigenvalue weighted by molar-refractivity contribution is 5.76. The number of aliphatic hydroxyl groups is 3. The van der Waals surface area contributed by atoms with E-state index < -0.39 is 18.2 Å². The molecule has 0 bridgehead atoms. The summed E-state index contributed by atoms with van der Waals surface area (Å²) in [6.45, 7) is 4.31. The maximum absolute atomic E-state index is 12.6. The molecule has 0 aliphatic carbocycles. The Bertz CT molecular complexity index is 1060. The predicted octanol–water partition coefficient (Wildman–Crippen LogP) is 20.8. The summed E-state index contributed by atoms with van der Waals surface area (Å²) in [4.78, 5) is 12.6. The zero-order valence-corrected chi connectivity index (χ0v) is 48.4. The summed E-state index contributed by atoms with van der Waals surface area (Å²) < 4.78 is 0. The minimum atomic E-state index is -0.749. The van der Waals surface area contributed by atoms with Gasteiger partial charge in [-0.25, -0.2) is 0 Å². The van der Waals surface area contributed by atoms with Crippen molar-refractivity contribution in [3.05, 3.63) is 24.3 Å². The SMILES string of the molecule is CCCCCCCCCCCCCCCCC/C=C\C/C=C\CCCCCCCCCCCCCCCCCC(O)CC(=O)NC(CO)C(O)CCCCCCCCCCCCCCCCCCCCC. The van der Waals surface area contributed by atoms with Crippen LogP contribution in [0.15, 0.2) is 24.3 Å². The molecule has 0 radical (unpaired) electrons. The molecule has 0 saturated carbocycles. The van der Waals surface area contributed by atoms with E-state index in [0.717, 1.165) is 32.1 Å². The van der Waals surface area contributed by atoms with Gasteiger partial charge in [-0.3, -0.25) is 4.79 Å². The normalized spacial score (nSPS) is 13.3. The number of rotatable bonds is 61. The van der Waals surface area contributed by atoms with Gasteiger partial charge in [0.2, 0.25) is 5.91 Å². The molecule has 0 saturated heterocycles. The quantitative estimate of drug-likeness (QED) is 0.0361. The van der Waals surface area contributed by atoms with Gasteiger partial charge < -0.3 is 20.6 Å². The second-order valence-electron chi connectivity index (χ2n) is 22.7. The van der Waals surface area contributed by atoms with E-state index in [9.17, 15) is 20.1 Å². The molecule has 0 spiro atoms. The molecule has 0 aromatic rings. The average Bonchev–Trinajstić information content (AvgIpc) is 3.37. The summed E-state index contributed by atoms with van der Waals surface area (Å²) in [6.07, 6.45) is 79.5. The largest absolute Gasteiger partial charge is 0.394 e. The summed E-state index contributed by atoms with van der Waals surface area (Å²) in [5.41, 5.74) is 0. The zero-order chi connectivity index (χ0) is 51.4. The lowest BCUT2D eigenvalue weighted by Crippen LogP contribution is -2.46. The molecule has 0 rings (SSSR count). The summed E-state index contributed by atoms with van der Waals surface area (Å²) in [5, 5.41) is 33.7. The first-order valence-electron chi connectivity index (χ1n) is 32.6. The molecule has 1 amide bonds. The molecule has 3 unspecified atom stereocenters. The monoisotopic (exact) mass is 1000 g/mol. The fourth-order valence-electron chi connectivity index (χ4n) is 10.6. The van der Waals surface area contributed by atoms with Crippen LogP contribution in [0, 0.1) is 0 Å². The van der Waals surface area contributed by atoms with Crippen LogP contribution in [0.25, 0.3) is 0 Å². The average molecular weight is 1000 g/mol. The lowest BCUT2D eigenvalue weighted by Gasteiger charge is -2.23. The van der Waals surface area contributed by atoms with Crippen molar-refractivity contribution in [2.24, 2.45) is 0 Å². The van der Waals surface area contributed by atoms with Crippen molar-refractivity contribution >= 4 is 5.91 Å². The van der Waals surface area contributed by atoms with Crippen molar-refractivity contribution in [1.82, 2.24) is 5.32 Å². The topological polar surface area (TPSA) is 89.8 Å². The van der Waals surface area contributed by atoms with E-state index in [0.29, 0.717) is 12.8 Å². The van der Waals surface area contributed by atoms with Crippen LogP contribution in [0.5, 0.6) is 0 Å². The molecule has 0 fully saturated rings. The third-order valence-electron chi connectivity index (χ3n) is 15.5. The molecule has 3 atom stereocenters. The highest BCUT2D eigenvalue weighted by atomic mass is 16.3. The van der Waals surface area contributed by atoms with Crippen LogP contribution in [-0.2, 0) is 4.79 Å². The van der Waals surface area contributed by atoms with Crippen LogP contribution in [0.1, 0.15) is 367 Å². The van der Waals surface area contributed by atoms with Crippen molar-refractivity contribution < 1.29 is 20.1 Å². The van der Waals surface area contributed by atoms with Crippen LogP contribution < -0.4 is 5.32 Å². The molecule has 0 aliphatic heterocycles. The summed E-state index contributed by atoms with van der Waals surface area (Å²) >= 11 is 0. The Labute approximate surface area is 445 Å².